The fourth-order valence-corrected chi connectivity index (χ4v) is 4.84. The number of nitrogens with zero attached hydrogens (tertiary/aromatic N) is 5. The van der Waals surface area contributed by atoms with Gasteiger partial charge in [0.2, 0.25) is 11.8 Å². The summed E-state index contributed by atoms with van der Waals surface area (Å²) in [4.78, 5) is 30.7. The number of hydrogen-bond donors (Lipinski definition) is 1. The number of anilines is 1. The van der Waals surface area contributed by atoms with Crippen LogP contribution < -0.4 is 10.2 Å². The molecule has 29 heavy (non-hydrogen) atoms. The Kier molecular flexibility index (Phi) is 5.49. The SMILES string of the molecule is CCC(NC(=O)C1CCN(c2ncnc3sc(C)c(C)c23)CC1)c1noc(C)n1. The second-order valence-corrected chi connectivity index (χ2v) is 8.77. The van der Waals surface area contributed by atoms with Crippen molar-refractivity contribution in [1.29, 1.82) is 0 Å². The Balaban J connectivity index is 1.42. The van der Waals surface area contributed by atoms with Gasteiger partial charge < -0.3 is 14.7 Å². The van der Waals surface area contributed by atoms with Gasteiger partial charge in [0.1, 0.15) is 17.0 Å². The van der Waals surface area contributed by atoms with Crippen LogP contribution in [0.25, 0.3) is 10.2 Å². The molecule has 4 heterocycles. The van der Waals surface area contributed by atoms with Gasteiger partial charge in [-0.05, 0) is 38.7 Å². The van der Waals surface area contributed by atoms with Crippen LogP contribution in [-0.2, 0) is 4.79 Å². The molecule has 1 unspecified atom stereocenters. The third-order valence-corrected chi connectivity index (χ3v) is 6.81. The van der Waals surface area contributed by atoms with Crippen LogP contribution in [0.3, 0.4) is 0 Å². The number of thiophene rings is 1. The molecule has 3 aromatic rings. The molecule has 154 valence electrons. The minimum Gasteiger partial charge on any atom is -0.356 e. The molecule has 0 aromatic carbocycles. The number of carbonyl (C=O) groups is 1. The van der Waals surface area contributed by atoms with Crippen LogP contribution in [0.1, 0.15) is 54.4 Å². The van der Waals surface area contributed by atoms with Crippen molar-refractivity contribution in [3.63, 3.8) is 0 Å². The van der Waals surface area contributed by atoms with Crippen LogP contribution in [0, 0.1) is 26.7 Å². The normalized spacial score (nSPS) is 16.3. The van der Waals surface area contributed by atoms with Gasteiger partial charge in [-0.1, -0.05) is 12.1 Å². The number of piperidine rings is 1. The minimum absolute atomic E-state index is 0.0177. The van der Waals surface area contributed by atoms with Crippen LogP contribution in [0.15, 0.2) is 10.9 Å². The molecule has 1 saturated heterocycles. The van der Waals surface area contributed by atoms with E-state index in [9.17, 15) is 4.79 Å². The minimum atomic E-state index is -0.212. The second kappa shape index (κ2) is 8.06. The molecule has 0 spiro atoms. The van der Waals surface area contributed by atoms with Crippen molar-refractivity contribution >= 4 is 33.3 Å². The smallest absolute Gasteiger partial charge is 0.223 e. The number of rotatable bonds is 5. The monoisotopic (exact) mass is 414 g/mol. The van der Waals surface area contributed by atoms with E-state index in [4.69, 9.17) is 4.52 Å². The summed E-state index contributed by atoms with van der Waals surface area (Å²) in [7, 11) is 0. The van der Waals surface area contributed by atoms with Gasteiger partial charge in [-0.3, -0.25) is 4.79 Å². The molecule has 1 amide bonds. The lowest BCUT2D eigenvalue weighted by Gasteiger charge is -2.33. The lowest BCUT2D eigenvalue weighted by Crippen LogP contribution is -2.42. The Labute approximate surface area is 173 Å². The van der Waals surface area contributed by atoms with Crippen LogP contribution in [0.5, 0.6) is 0 Å². The quantitative estimate of drug-likeness (QED) is 0.682. The van der Waals surface area contributed by atoms with E-state index in [1.165, 1.54) is 10.4 Å². The number of carbonyl (C=O) groups excluding carboxylic acids is 1. The standard InChI is InChI=1S/C20H26N6O2S/c1-5-15(17-23-13(4)28-25-17)24-19(27)14-6-8-26(9-7-14)18-16-11(2)12(3)29-20(16)22-10-21-18/h10,14-15H,5-9H2,1-4H3,(H,24,27). The summed E-state index contributed by atoms with van der Waals surface area (Å²) in [5.74, 6) is 2.09. The summed E-state index contributed by atoms with van der Waals surface area (Å²) in [6.07, 6.45) is 3.95. The van der Waals surface area contributed by atoms with E-state index in [1.54, 1.807) is 24.6 Å². The van der Waals surface area contributed by atoms with Crippen LogP contribution >= 0.6 is 11.3 Å². The average Bonchev–Trinajstić information content (AvgIpc) is 3.29. The molecule has 9 heteroatoms. The molecule has 1 fully saturated rings. The van der Waals surface area contributed by atoms with Gasteiger partial charge in [-0.25, -0.2) is 9.97 Å². The lowest BCUT2D eigenvalue weighted by molar-refractivity contribution is -0.126. The summed E-state index contributed by atoms with van der Waals surface area (Å²) in [6, 6.07) is -0.212. The van der Waals surface area contributed by atoms with Gasteiger partial charge in [0, 0.05) is 30.8 Å². The van der Waals surface area contributed by atoms with Gasteiger partial charge >= 0.3 is 0 Å². The van der Waals surface area contributed by atoms with E-state index in [1.807, 2.05) is 6.92 Å². The highest BCUT2D eigenvalue weighted by atomic mass is 32.1. The first-order valence-corrected chi connectivity index (χ1v) is 10.9. The number of amides is 1. The first kappa shape index (κ1) is 19.8. The molecule has 1 atom stereocenters. The molecule has 0 aliphatic carbocycles. The van der Waals surface area contributed by atoms with Crippen molar-refractivity contribution in [2.75, 3.05) is 18.0 Å². The van der Waals surface area contributed by atoms with E-state index in [2.05, 4.69) is 44.2 Å². The molecular weight excluding hydrogens is 388 g/mol. The van der Waals surface area contributed by atoms with E-state index in [0.717, 1.165) is 48.4 Å². The van der Waals surface area contributed by atoms with Crippen molar-refractivity contribution in [1.82, 2.24) is 25.4 Å². The Morgan fingerprint density at radius 3 is 2.72 bits per heavy atom. The molecule has 1 aliphatic heterocycles. The zero-order valence-electron chi connectivity index (χ0n) is 17.2. The molecule has 4 rings (SSSR count). The topological polar surface area (TPSA) is 97.0 Å². The fraction of sp³-hybridized carbons (Fsp3) is 0.550. The van der Waals surface area contributed by atoms with Crippen molar-refractivity contribution in [2.24, 2.45) is 5.92 Å². The van der Waals surface area contributed by atoms with Gasteiger partial charge in [0.25, 0.3) is 0 Å². The summed E-state index contributed by atoms with van der Waals surface area (Å²) < 4.78 is 5.05. The number of hydrogen-bond acceptors (Lipinski definition) is 8. The number of nitrogens with one attached hydrogen (secondary N) is 1. The zero-order valence-corrected chi connectivity index (χ0v) is 18.0. The molecule has 0 bridgehead atoms. The first-order valence-electron chi connectivity index (χ1n) is 10.0. The highest BCUT2D eigenvalue weighted by Crippen LogP contribution is 2.35. The predicted molar refractivity (Wildman–Crippen MR) is 112 cm³/mol. The maximum Gasteiger partial charge on any atom is 0.223 e. The molecule has 0 saturated carbocycles. The molecule has 8 nitrogen and oxygen atoms in total. The Bertz CT molecular complexity index is 1020. The molecular formula is C20H26N6O2S. The highest BCUT2D eigenvalue weighted by Gasteiger charge is 2.29. The average molecular weight is 415 g/mol. The third-order valence-electron chi connectivity index (χ3n) is 5.69. The number of fused-ring (bicyclic) bond motifs is 1. The van der Waals surface area contributed by atoms with Crippen LogP contribution in [0.2, 0.25) is 0 Å². The van der Waals surface area contributed by atoms with Crippen LogP contribution in [-0.4, -0.2) is 39.1 Å². The number of aryl methyl sites for hydroxylation is 3. The fourth-order valence-electron chi connectivity index (χ4n) is 3.85. The Hall–Kier alpha value is -2.55. The number of aromatic nitrogens is 4. The van der Waals surface area contributed by atoms with Crippen molar-refractivity contribution < 1.29 is 9.32 Å². The molecule has 1 aliphatic rings. The van der Waals surface area contributed by atoms with E-state index in [0.29, 0.717) is 11.7 Å². The van der Waals surface area contributed by atoms with Crippen LogP contribution in [0.4, 0.5) is 5.82 Å². The van der Waals surface area contributed by atoms with Gasteiger partial charge in [0.15, 0.2) is 5.82 Å². The summed E-state index contributed by atoms with van der Waals surface area (Å²) in [5, 5.41) is 8.20. The Morgan fingerprint density at radius 2 is 2.07 bits per heavy atom. The third kappa shape index (κ3) is 3.83. The van der Waals surface area contributed by atoms with Crippen molar-refractivity contribution in [3.05, 3.63) is 28.5 Å². The van der Waals surface area contributed by atoms with Gasteiger partial charge in [-0.2, -0.15) is 4.98 Å². The summed E-state index contributed by atoms with van der Waals surface area (Å²) in [5.41, 5.74) is 1.25. The van der Waals surface area contributed by atoms with E-state index >= 15 is 0 Å². The van der Waals surface area contributed by atoms with Crippen molar-refractivity contribution in [3.8, 4) is 0 Å². The van der Waals surface area contributed by atoms with E-state index in [-0.39, 0.29) is 17.9 Å². The van der Waals surface area contributed by atoms with E-state index < -0.39 is 0 Å². The molecule has 0 radical (unpaired) electrons. The largest absolute Gasteiger partial charge is 0.356 e. The molecule has 1 N–H and O–H groups in total. The maximum absolute atomic E-state index is 12.8. The summed E-state index contributed by atoms with van der Waals surface area (Å²) >= 11 is 1.71. The van der Waals surface area contributed by atoms with Gasteiger partial charge in [-0.15, -0.1) is 11.3 Å². The summed E-state index contributed by atoms with van der Waals surface area (Å²) in [6.45, 7) is 9.61. The van der Waals surface area contributed by atoms with Gasteiger partial charge in [0.05, 0.1) is 11.4 Å². The Morgan fingerprint density at radius 1 is 1.31 bits per heavy atom. The lowest BCUT2D eigenvalue weighted by atomic mass is 9.95. The van der Waals surface area contributed by atoms with Crippen molar-refractivity contribution in [2.45, 2.75) is 53.0 Å². The first-order chi connectivity index (χ1) is 14.0. The predicted octanol–water partition coefficient (Wildman–Crippen LogP) is 3.48. The maximum atomic E-state index is 12.8. The zero-order chi connectivity index (χ0) is 20.5. The second-order valence-electron chi connectivity index (χ2n) is 7.56. The molecule has 3 aromatic heterocycles. The highest BCUT2D eigenvalue weighted by molar-refractivity contribution is 7.18.